The Morgan fingerprint density at radius 3 is 2.57 bits per heavy atom. The Morgan fingerprint density at radius 2 is 1.93 bits per heavy atom. The number of sulfonamides is 1. The maximum Gasteiger partial charge on any atom is 0.258 e. The lowest BCUT2D eigenvalue weighted by Gasteiger charge is -2.19. The Kier molecular flexibility index (Phi) is 5.25. The van der Waals surface area contributed by atoms with Crippen LogP contribution in [-0.4, -0.2) is 39.1 Å². The summed E-state index contributed by atoms with van der Waals surface area (Å²) in [5.41, 5.74) is 1.04. The number of pyridine rings is 1. The maximum absolute atomic E-state index is 12.4. The number of halogens is 1. The molecular weight excluding hydrogens is 426 g/mol. The summed E-state index contributed by atoms with van der Waals surface area (Å²) in [6.45, 7) is 5.30. The molecule has 1 aliphatic rings. The van der Waals surface area contributed by atoms with Gasteiger partial charge in [0.25, 0.3) is 10.0 Å². The highest BCUT2D eigenvalue weighted by Crippen LogP contribution is 2.39. The molecule has 3 aromatic rings. The van der Waals surface area contributed by atoms with Crippen LogP contribution in [0, 0.1) is 0 Å². The van der Waals surface area contributed by atoms with E-state index in [9.17, 15) is 8.42 Å². The number of rotatable bonds is 6. The largest absolute Gasteiger partial charge is 0.322 e. The summed E-state index contributed by atoms with van der Waals surface area (Å²) in [7, 11) is -3.72. The third-order valence-electron chi connectivity index (χ3n) is 4.32. The van der Waals surface area contributed by atoms with Gasteiger partial charge in [0.2, 0.25) is 0 Å². The van der Waals surface area contributed by atoms with Crippen molar-refractivity contribution in [2.24, 2.45) is 0 Å². The third-order valence-corrected chi connectivity index (χ3v) is 6.27. The van der Waals surface area contributed by atoms with Crippen LogP contribution in [0.5, 0.6) is 0 Å². The average molecular weight is 448 g/mol. The molecule has 3 aromatic heterocycles. The van der Waals surface area contributed by atoms with Gasteiger partial charge in [-0.25, -0.2) is 28.1 Å². The molecule has 1 aliphatic carbocycles. The Hall–Kier alpha value is -2.56. The minimum Gasteiger partial charge on any atom is -0.322 e. The molecule has 0 aromatic carbocycles. The van der Waals surface area contributed by atoms with E-state index in [0.29, 0.717) is 34.0 Å². The summed E-state index contributed by atoms with van der Waals surface area (Å²) in [5.74, 6) is 1.94. The van der Waals surface area contributed by atoms with Crippen LogP contribution in [0.3, 0.4) is 0 Å². The van der Waals surface area contributed by atoms with Crippen molar-refractivity contribution in [3.05, 3.63) is 41.3 Å². The van der Waals surface area contributed by atoms with E-state index in [0.717, 1.165) is 5.69 Å². The van der Waals surface area contributed by atoms with Gasteiger partial charge in [-0.2, -0.15) is 5.10 Å². The normalized spacial score (nSPS) is 14.7. The molecule has 0 spiro atoms. The van der Waals surface area contributed by atoms with Crippen LogP contribution in [0.2, 0.25) is 5.02 Å². The average Bonchev–Trinajstić information content (AvgIpc) is 3.41. The van der Waals surface area contributed by atoms with E-state index >= 15 is 0 Å². The highest BCUT2D eigenvalue weighted by atomic mass is 35.5. The van der Waals surface area contributed by atoms with E-state index in [1.54, 1.807) is 26.8 Å². The monoisotopic (exact) mass is 447 g/mol. The molecule has 0 atom stereocenters. The first kappa shape index (κ1) is 20.7. The Labute approximate surface area is 179 Å². The van der Waals surface area contributed by atoms with Gasteiger partial charge < -0.3 is 5.32 Å². The van der Waals surface area contributed by atoms with E-state index in [4.69, 9.17) is 11.6 Å². The topological polar surface area (TPSA) is 126 Å². The molecule has 0 bridgehead atoms. The van der Waals surface area contributed by atoms with E-state index < -0.39 is 15.6 Å². The minimum atomic E-state index is -3.72. The smallest absolute Gasteiger partial charge is 0.258 e. The van der Waals surface area contributed by atoms with Crippen LogP contribution < -0.4 is 10.0 Å². The molecule has 158 valence electrons. The molecule has 0 radical (unpaired) electrons. The van der Waals surface area contributed by atoms with Crippen LogP contribution >= 0.6 is 11.6 Å². The van der Waals surface area contributed by atoms with Crippen LogP contribution in [0.15, 0.2) is 35.6 Å². The van der Waals surface area contributed by atoms with Gasteiger partial charge in [0.1, 0.15) is 5.02 Å². The third kappa shape index (κ3) is 4.77. The van der Waals surface area contributed by atoms with Gasteiger partial charge in [-0.05, 0) is 45.7 Å². The number of nitrogens with one attached hydrogen (secondary N) is 3. The molecule has 0 aliphatic heterocycles. The zero-order valence-corrected chi connectivity index (χ0v) is 18.3. The molecule has 0 unspecified atom stereocenters. The summed E-state index contributed by atoms with van der Waals surface area (Å²) < 4.78 is 27.4. The fourth-order valence-corrected chi connectivity index (χ4v) is 4.33. The zero-order valence-electron chi connectivity index (χ0n) is 16.8. The number of hydrogen-bond donors (Lipinski definition) is 3. The van der Waals surface area contributed by atoms with Crippen molar-refractivity contribution >= 4 is 33.3 Å². The van der Waals surface area contributed by atoms with E-state index in [1.165, 1.54) is 31.3 Å². The number of hydrogen-bond acceptors (Lipinski definition) is 7. The highest BCUT2D eigenvalue weighted by molar-refractivity contribution is 7.89. The van der Waals surface area contributed by atoms with Crippen molar-refractivity contribution in [2.75, 3.05) is 5.32 Å². The molecule has 9 nitrogen and oxygen atoms in total. The first-order chi connectivity index (χ1) is 14.1. The molecule has 11 heteroatoms. The van der Waals surface area contributed by atoms with Crippen molar-refractivity contribution in [1.29, 1.82) is 0 Å². The molecule has 0 saturated heterocycles. The summed E-state index contributed by atoms with van der Waals surface area (Å²) in [4.78, 5) is 12.8. The Balaban J connectivity index is 1.56. The van der Waals surface area contributed by atoms with E-state index in [2.05, 4.69) is 35.2 Å². The first-order valence-electron chi connectivity index (χ1n) is 9.46. The fourth-order valence-electron chi connectivity index (χ4n) is 2.85. The van der Waals surface area contributed by atoms with Crippen molar-refractivity contribution in [2.45, 2.75) is 50.1 Å². The first-order valence-corrected chi connectivity index (χ1v) is 11.3. The number of aromatic nitrogens is 5. The SMILES string of the molecule is CC(C)(C)NS(=O)(=O)c1ccc(-c2ncc(Cl)c(Nc3cc(C4CC4)[nH]n3)n2)cn1. The molecule has 30 heavy (non-hydrogen) atoms. The Morgan fingerprint density at radius 1 is 1.17 bits per heavy atom. The zero-order chi connectivity index (χ0) is 21.5. The van der Waals surface area contributed by atoms with Crippen LogP contribution in [-0.2, 0) is 10.0 Å². The number of anilines is 2. The van der Waals surface area contributed by atoms with Crippen LogP contribution in [0.4, 0.5) is 11.6 Å². The van der Waals surface area contributed by atoms with Crippen molar-refractivity contribution in [3.63, 3.8) is 0 Å². The second-order valence-corrected chi connectivity index (χ2v) is 10.3. The Bertz CT molecular complexity index is 1170. The lowest BCUT2D eigenvalue weighted by atomic mass is 10.1. The molecule has 1 saturated carbocycles. The second-order valence-electron chi connectivity index (χ2n) is 8.24. The molecule has 4 rings (SSSR count). The summed E-state index contributed by atoms with van der Waals surface area (Å²) in [6.07, 6.45) is 5.24. The summed E-state index contributed by atoms with van der Waals surface area (Å²) in [6, 6.07) is 4.97. The van der Waals surface area contributed by atoms with Crippen LogP contribution in [0.25, 0.3) is 11.4 Å². The van der Waals surface area contributed by atoms with Gasteiger partial charge in [0, 0.05) is 35.0 Å². The number of aromatic amines is 1. The molecule has 0 amide bonds. The van der Waals surface area contributed by atoms with Gasteiger partial charge in [-0.3, -0.25) is 5.10 Å². The number of H-pyrrole nitrogens is 1. The maximum atomic E-state index is 12.4. The van der Waals surface area contributed by atoms with Crippen molar-refractivity contribution in [3.8, 4) is 11.4 Å². The van der Waals surface area contributed by atoms with Gasteiger partial charge in [-0.1, -0.05) is 11.6 Å². The lowest BCUT2D eigenvalue weighted by molar-refractivity contribution is 0.489. The fraction of sp³-hybridized carbons (Fsp3) is 0.368. The quantitative estimate of drug-likeness (QED) is 0.526. The second kappa shape index (κ2) is 7.60. The summed E-state index contributed by atoms with van der Waals surface area (Å²) >= 11 is 6.23. The minimum absolute atomic E-state index is 0.0717. The van der Waals surface area contributed by atoms with Gasteiger partial charge >= 0.3 is 0 Å². The van der Waals surface area contributed by atoms with Gasteiger partial charge in [-0.15, -0.1) is 0 Å². The standard InChI is InChI=1S/C19H22ClN7O2S/c1-19(2,3)27-30(28,29)16-7-6-12(9-21-16)17-22-10-13(20)18(24-17)23-15-8-14(25-26-15)11-4-5-11/h6-11,27H,4-5H2,1-3H3,(H2,22,23,24,25,26). The highest BCUT2D eigenvalue weighted by Gasteiger charge is 2.26. The van der Waals surface area contributed by atoms with Gasteiger partial charge in [0.15, 0.2) is 22.5 Å². The van der Waals surface area contributed by atoms with Gasteiger partial charge in [0.05, 0.1) is 6.20 Å². The predicted molar refractivity (Wildman–Crippen MR) is 114 cm³/mol. The molecule has 3 N–H and O–H groups in total. The molecule has 1 fully saturated rings. The number of nitrogens with zero attached hydrogens (tertiary/aromatic N) is 4. The van der Waals surface area contributed by atoms with Crippen LogP contribution in [0.1, 0.15) is 45.2 Å². The van der Waals surface area contributed by atoms with E-state index in [-0.39, 0.29) is 5.03 Å². The van der Waals surface area contributed by atoms with Crippen molar-refractivity contribution < 1.29 is 8.42 Å². The van der Waals surface area contributed by atoms with E-state index in [1.807, 2.05) is 6.07 Å². The summed E-state index contributed by atoms with van der Waals surface area (Å²) in [5, 5.41) is 10.6. The molecule has 3 heterocycles. The molecular formula is C19H22ClN7O2S. The lowest BCUT2D eigenvalue weighted by Crippen LogP contribution is -2.40. The predicted octanol–water partition coefficient (Wildman–Crippen LogP) is 3.61. The van der Waals surface area contributed by atoms with Crippen molar-refractivity contribution in [1.82, 2.24) is 29.9 Å².